The molecule has 0 heterocycles. The van der Waals surface area contributed by atoms with E-state index < -0.39 is 24.4 Å². The summed E-state index contributed by atoms with van der Waals surface area (Å²) in [5, 5.41) is 2.58. The van der Waals surface area contributed by atoms with E-state index >= 15 is 0 Å². The molecule has 7 heteroatoms. The summed E-state index contributed by atoms with van der Waals surface area (Å²) in [6, 6.07) is 13.6. The first-order valence-electron chi connectivity index (χ1n) is 10.8. The average molecular weight is 437 g/mol. The molecule has 3 rings (SSSR count). The van der Waals surface area contributed by atoms with Crippen LogP contribution >= 0.6 is 0 Å². The second kappa shape index (κ2) is 11.7. The Morgan fingerprint density at radius 3 is 2.44 bits per heavy atom. The summed E-state index contributed by atoms with van der Waals surface area (Å²) in [7, 11) is 0. The molecule has 0 bridgehead atoms. The average Bonchev–Trinajstić information content (AvgIpc) is 2.81. The SMILES string of the molecule is NC(=O)c1ccc(NC(=O)COC(=O)/C=C/c2ccccc2OCC2CCCCC2)cc1. The van der Waals surface area contributed by atoms with Gasteiger partial charge in [-0.1, -0.05) is 37.5 Å². The number of hydrogen-bond acceptors (Lipinski definition) is 5. The van der Waals surface area contributed by atoms with Crippen molar-refractivity contribution in [2.75, 3.05) is 18.5 Å². The zero-order valence-electron chi connectivity index (χ0n) is 17.9. The summed E-state index contributed by atoms with van der Waals surface area (Å²) in [5.74, 6) is -0.374. The third-order valence-electron chi connectivity index (χ3n) is 5.32. The van der Waals surface area contributed by atoms with Crippen LogP contribution < -0.4 is 15.8 Å². The monoisotopic (exact) mass is 436 g/mol. The topological polar surface area (TPSA) is 108 Å². The predicted octanol–water partition coefficient (Wildman–Crippen LogP) is 3.94. The van der Waals surface area contributed by atoms with Crippen molar-refractivity contribution in [1.82, 2.24) is 0 Å². The first kappa shape index (κ1) is 23.1. The fourth-order valence-electron chi connectivity index (χ4n) is 3.57. The highest BCUT2D eigenvalue weighted by Crippen LogP contribution is 2.26. The van der Waals surface area contributed by atoms with Crippen LogP contribution in [-0.2, 0) is 14.3 Å². The van der Waals surface area contributed by atoms with Gasteiger partial charge in [0.05, 0.1) is 6.61 Å². The van der Waals surface area contributed by atoms with E-state index in [2.05, 4.69) is 5.32 Å². The summed E-state index contributed by atoms with van der Waals surface area (Å²) >= 11 is 0. The van der Waals surface area contributed by atoms with Gasteiger partial charge >= 0.3 is 5.97 Å². The van der Waals surface area contributed by atoms with Crippen molar-refractivity contribution in [2.45, 2.75) is 32.1 Å². The maximum Gasteiger partial charge on any atom is 0.331 e. The lowest BCUT2D eigenvalue weighted by Gasteiger charge is -2.22. The highest BCUT2D eigenvalue weighted by Gasteiger charge is 2.14. The molecule has 0 unspecified atom stereocenters. The van der Waals surface area contributed by atoms with Gasteiger partial charge in [0.1, 0.15) is 5.75 Å². The van der Waals surface area contributed by atoms with Crippen LogP contribution in [0.2, 0.25) is 0 Å². The summed E-state index contributed by atoms with van der Waals surface area (Å²) < 4.78 is 11.0. The van der Waals surface area contributed by atoms with Crippen LogP contribution in [0.25, 0.3) is 6.08 Å². The van der Waals surface area contributed by atoms with E-state index in [9.17, 15) is 14.4 Å². The van der Waals surface area contributed by atoms with Crippen LogP contribution in [0.15, 0.2) is 54.6 Å². The molecule has 3 N–H and O–H groups in total. The third-order valence-corrected chi connectivity index (χ3v) is 5.32. The van der Waals surface area contributed by atoms with Crippen LogP contribution in [0.1, 0.15) is 48.0 Å². The van der Waals surface area contributed by atoms with Crippen molar-refractivity contribution in [2.24, 2.45) is 11.7 Å². The largest absolute Gasteiger partial charge is 0.493 e. The number of anilines is 1. The molecule has 1 aliphatic rings. The van der Waals surface area contributed by atoms with E-state index in [0.29, 0.717) is 23.8 Å². The molecular weight excluding hydrogens is 408 g/mol. The summed E-state index contributed by atoms with van der Waals surface area (Å²) in [6.07, 6.45) is 9.11. The molecule has 0 atom stereocenters. The Hall–Kier alpha value is -3.61. The highest BCUT2D eigenvalue weighted by molar-refractivity contribution is 5.96. The molecule has 2 amide bonds. The van der Waals surface area contributed by atoms with Gasteiger partial charge in [-0.3, -0.25) is 9.59 Å². The van der Waals surface area contributed by atoms with E-state index in [1.54, 1.807) is 18.2 Å². The predicted molar refractivity (Wildman–Crippen MR) is 122 cm³/mol. The molecule has 0 radical (unpaired) electrons. The van der Waals surface area contributed by atoms with Gasteiger partial charge in [-0.2, -0.15) is 0 Å². The molecule has 0 aliphatic heterocycles. The van der Waals surface area contributed by atoms with Gasteiger partial charge in [0, 0.05) is 22.9 Å². The molecule has 2 aromatic carbocycles. The number of ether oxygens (including phenoxy) is 2. The second-order valence-corrected chi connectivity index (χ2v) is 7.78. The van der Waals surface area contributed by atoms with Crippen molar-refractivity contribution in [1.29, 1.82) is 0 Å². The molecule has 168 valence electrons. The molecular formula is C25H28N2O5. The Kier molecular flexibility index (Phi) is 8.43. The number of rotatable bonds is 9. The number of primary amides is 1. The minimum Gasteiger partial charge on any atom is -0.493 e. The van der Waals surface area contributed by atoms with Crippen molar-refractivity contribution in [3.63, 3.8) is 0 Å². The van der Waals surface area contributed by atoms with E-state index in [-0.39, 0.29) is 0 Å². The molecule has 32 heavy (non-hydrogen) atoms. The molecule has 7 nitrogen and oxygen atoms in total. The van der Waals surface area contributed by atoms with Crippen molar-refractivity contribution >= 4 is 29.5 Å². The van der Waals surface area contributed by atoms with Crippen molar-refractivity contribution in [3.8, 4) is 5.75 Å². The van der Waals surface area contributed by atoms with E-state index in [4.69, 9.17) is 15.2 Å². The molecule has 0 aromatic heterocycles. The Morgan fingerprint density at radius 2 is 1.72 bits per heavy atom. The number of amides is 2. The normalized spacial score (nSPS) is 14.1. The maximum atomic E-state index is 12.0. The fourth-order valence-corrected chi connectivity index (χ4v) is 3.57. The second-order valence-electron chi connectivity index (χ2n) is 7.78. The van der Waals surface area contributed by atoms with Crippen molar-refractivity contribution in [3.05, 3.63) is 65.7 Å². The van der Waals surface area contributed by atoms with E-state index in [1.807, 2.05) is 24.3 Å². The van der Waals surface area contributed by atoms with E-state index in [1.165, 1.54) is 50.3 Å². The van der Waals surface area contributed by atoms with Gasteiger partial charge in [0.2, 0.25) is 5.91 Å². The van der Waals surface area contributed by atoms with E-state index in [0.717, 1.165) is 11.3 Å². The summed E-state index contributed by atoms with van der Waals surface area (Å²) in [5.41, 5.74) is 6.76. The summed E-state index contributed by atoms with van der Waals surface area (Å²) in [4.78, 5) is 35.1. The van der Waals surface area contributed by atoms with Gasteiger partial charge in [0.15, 0.2) is 6.61 Å². The number of benzene rings is 2. The summed E-state index contributed by atoms with van der Waals surface area (Å²) in [6.45, 7) is 0.246. The number of para-hydroxylation sites is 1. The number of hydrogen-bond donors (Lipinski definition) is 2. The zero-order valence-corrected chi connectivity index (χ0v) is 17.9. The lowest BCUT2D eigenvalue weighted by Crippen LogP contribution is -2.20. The Bertz CT molecular complexity index is 963. The molecule has 1 aliphatic carbocycles. The van der Waals surface area contributed by atoms with Gasteiger partial charge in [-0.15, -0.1) is 0 Å². The molecule has 1 saturated carbocycles. The number of carbonyl (C=O) groups is 3. The number of nitrogens with two attached hydrogens (primary N) is 1. The highest BCUT2D eigenvalue weighted by atomic mass is 16.5. The minimum absolute atomic E-state index is 0.336. The van der Waals surface area contributed by atoms with Gasteiger partial charge in [-0.05, 0) is 55.2 Å². The number of nitrogens with one attached hydrogen (secondary N) is 1. The molecule has 0 spiro atoms. The van der Waals surface area contributed by atoms with Crippen LogP contribution in [0.3, 0.4) is 0 Å². The smallest absolute Gasteiger partial charge is 0.331 e. The van der Waals surface area contributed by atoms with Gasteiger partial charge < -0.3 is 20.5 Å². The van der Waals surface area contributed by atoms with Crippen LogP contribution in [0, 0.1) is 5.92 Å². The van der Waals surface area contributed by atoms with Gasteiger partial charge in [-0.25, -0.2) is 4.79 Å². The fraction of sp³-hybridized carbons (Fsp3) is 0.320. The van der Waals surface area contributed by atoms with Crippen LogP contribution in [-0.4, -0.2) is 31.0 Å². The van der Waals surface area contributed by atoms with Crippen LogP contribution in [0.4, 0.5) is 5.69 Å². The maximum absolute atomic E-state index is 12.0. The molecule has 1 fully saturated rings. The Balaban J connectivity index is 1.46. The lowest BCUT2D eigenvalue weighted by atomic mass is 9.90. The number of carbonyl (C=O) groups excluding carboxylic acids is 3. The Labute approximate surface area is 187 Å². The minimum atomic E-state index is -0.633. The molecule has 0 saturated heterocycles. The first-order chi connectivity index (χ1) is 15.5. The Morgan fingerprint density at radius 1 is 1.00 bits per heavy atom. The quantitative estimate of drug-likeness (QED) is 0.457. The first-order valence-corrected chi connectivity index (χ1v) is 10.8. The molecule has 2 aromatic rings. The zero-order chi connectivity index (χ0) is 22.8. The van der Waals surface area contributed by atoms with Crippen molar-refractivity contribution < 1.29 is 23.9 Å². The lowest BCUT2D eigenvalue weighted by molar-refractivity contribution is -0.142. The standard InChI is InChI=1S/C25H28N2O5/c26-25(30)20-10-13-21(14-11-20)27-23(28)17-32-24(29)15-12-19-8-4-5-9-22(19)31-16-18-6-2-1-3-7-18/h4-5,8-15,18H,1-3,6-7,16-17H2,(H2,26,30)(H,27,28)/b15-12+. The van der Waals surface area contributed by atoms with Crippen LogP contribution in [0.5, 0.6) is 5.75 Å². The number of esters is 1. The third kappa shape index (κ3) is 7.27. The van der Waals surface area contributed by atoms with Gasteiger partial charge in [0.25, 0.3) is 5.91 Å².